The molecule has 0 unspecified atom stereocenters. The molecule has 0 aromatic rings. The fourth-order valence-corrected chi connectivity index (χ4v) is 2.58. The molecule has 0 aromatic carbocycles. The predicted octanol–water partition coefficient (Wildman–Crippen LogP) is -3.94. The summed E-state index contributed by atoms with van der Waals surface area (Å²) in [6.45, 7) is 1.43. The van der Waals surface area contributed by atoms with Crippen molar-refractivity contribution in [2.75, 3.05) is 59.6 Å². The van der Waals surface area contributed by atoms with Crippen molar-refractivity contribution in [3.8, 4) is 0 Å². The number of amides is 2. The number of ether oxygens (including phenoxy) is 5. The van der Waals surface area contributed by atoms with Crippen molar-refractivity contribution in [3.05, 3.63) is 0 Å². The quantitative estimate of drug-likeness (QED) is 0.108. The van der Waals surface area contributed by atoms with Gasteiger partial charge in [-0.3, -0.25) is 9.59 Å². The third kappa shape index (κ3) is 10.1. The Kier molecular flexibility index (Phi) is 13.7. The largest absolute Gasteiger partial charge is 0.394 e. The van der Waals surface area contributed by atoms with Crippen molar-refractivity contribution in [3.63, 3.8) is 0 Å². The average Bonchev–Trinajstić information content (AvgIpc) is 2.71. The second kappa shape index (κ2) is 15.4. The van der Waals surface area contributed by atoms with Crippen LogP contribution in [0.5, 0.6) is 0 Å². The molecule has 5 atom stereocenters. The van der Waals surface area contributed by atoms with Gasteiger partial charge < -0.3 is 54.7 Å². The van der Waals surface area contributed by atoms with E-state index in [1.807, 2.05) is 0 Å². The molecular formula is C17H32N2O11. The van der Waals surface area contributed by atoms with Gasteiger partial charge in [-0.15, -0.1) is 0 Å². The number of nitrogens with one attached hydrogen (secondary N) is 2. The topological polar surface area (TPSA) is 185 Å². The Labute approximate surface area is 174 Å². The third-order valence-corrected chi connectivity index (χ3v) is 4.01. The van der Waals surface area contributed by atoms with Crippen molar-refractivity contribution in [2.45, 2.75) is 37.6 Å². The Bertz CT molecular complexity index is 496. The van der Waals surface area contributed by atoms with E-state index in [1.54, 1.807) is 0 Å². The number of carbonyl (C=O) groups is 2. The van der Waals surface area contributed by atoms with Crippen LogP contribution in [-0.2, 0) is 33.3 Å². The number of carbonyl (C=O) groups excluding carboxylic acids is 2. The predicted molar refractivity (Wildman–Crippen MR) is 99.0 cm³/mol. The zero-order valence-corrected chi connectivity index (χ0v) is 16.9. The van der Waals surface area contributed by atoms with Crippen molar-refractivity contribution in [2.24, 2.45) is 0 Å². The highest BCUT2D eigenvalue weighted by Gasteiger charge is 2.45. The molecule has 0 bridgehead atoms. The summed E-state index contributed by atoms with van der Waals surface area (Å²) < 4.78 is 26.5. The molecule has 1 aliphatic rings. The number of hydrogen-bond acceptors (Lipinski definition) is 11. The van der Waals surface area contributed by atoms with Gasteiger partial charge in [0.05, 0.1) is 46.2 Å². The summed E-state index contributed by atoms with van der Waals surface area (Å²) in [4.78, 5) is 22.3. The average molecular weight is 440 g/mol. The molecule has 1 fully saturated rings. The van der Waals surface area contributed by atoms with Crippen LogP contribution in [0.3, 0.4) is 0 Å². The van der Waals surface area contributed by atoms with Crippen LogP contribution in [0.25, 0.3) is 0 Å². The van der Waals surface area contributed by atoms with E-state index in [1.165, 1.54) is 6.92 Å². The van der Waals surface area contributed by atoms with Crippen molar-refractivity contribution in [1.29, 1.82) is 0 Å². The van der Waals surface area contributed by atoms with Crippen LogP contribution in [0.15, 0.2) is 0 Å². The molecule has 30 heavy (non-hydrogen) atoms. The Morgan fingerprint density at radius 1 is 0.933 bits per heavy atom. The molecule has 0 saturated carbocycles. The molecule has 0 aromatic heterocycles. The molecule has 176 valence electrons. The monoisotopic (exact) mass is 440 g/mol. The standard InChI is InChI=1S/C17H32N2O11/c1-11(22)19-14-16(25)15(24)12(8-20)30-17(14)29-7-6-27-3-2-26-4-5-28-9-13(23)18-10-21/h12,14-17,20-21,24-25H,2-10H2,1H3,(H,18,23)(H,19,22)/t12-,14-,15+,16-,17-/m1/s1. The van der Waals surface area contributed by atoms with E-state index < -0.39 is 55.8 Å². The van der Waals surface area contributed by atoms with Crippen LogP contribution in [0, 0.1) is 0 Å². The van der Waals surface area contributed by atoms with Crippen LogP contribution in [0.2, 0.25) is 0 Å². The minimum Gasteiger partial charge on any atom is -0.394 e. The summed E-state index contributed by atoms with van der Waals surface area (Å²) in [7, 11) is 0. The molecule has 1 rings (SSSR count). The molecule has 1 aliphatic heterocycles. The molecular weight excluding hydrogens is 408 g/mol. The second-order valence-electron chi connectivity index (χ2n) is 6.34. The molecule has 1 saturated heterocycles. The molecule has 0 aliphatic carbocycles. The summed E-state index contributed by atoms with van der Waals surface area (Å²) >= 11 is 0. The van der Waals surface area contributed by atoms with E-state index in [2.05, 4.69) is 10.6 Å². The summed E-state index contributed by atoms with van der Waals surface area (Å²) in [6.07, 6.45) is -4.84. The minimum atomic E-state index is -1.37. The first-order valence-electron chi connectivity index (χ1n) is 9.52. The van der Waals surface area contributed by atoms with Gasteiger partial charge in [0, 0.05) is 6.92 Å². The summed E-state index contributed by atoms with van der Waals surface area (Å²) in [5.74, 6) is -0.854. The van der Waals surface area contributed by atoms with Gasteiger partial charge in [0.15, 0.2) is 6.29 Å². The molecule has 0 radical (unpaired) electrons. The maximum Gasteiger partial charge on any atom is 0.247 e. The Balaban J connectivity index is 2.15. The number of aliphatic hydroxyl groups is 4. The van der Waals surface area contributed by atoms with E-state index in [0.29, 0.717) is 0 Å². The molecule has 6 N–H and O–H groups in total. The number of aliphatic hydroxyl groups excluding tert-OH is 4. The molecule has 0 spiro atoms. The molecule has 1 heterocycles. The molecule has 13 nitrogen and oxygen atoms in total. The maximum atomic E-state index is 11.3. The van der Waals surface area contributed by atoms with E-state index in [0.717, 1.165) is 0 Å². The third-order valence-electron chi connectivity index (χ3n) is 4.01. The Morgan fingerprint density at radius 3 is 2.10 bits per heavy atom. The Hall–Kier alpha value is -1.42. The first-order chi connectivity index (χ1) is 14.4. The van der Waals surface area contributed by atoms with E-state index in [9.17, 15) is 24.9 Å². The van der Waals surface area contributed by atoms with Gasteiger partial charge in [-0.2, -0.15) is 0 Å². The van der Waals surface area contributed by atoms with Crippen LogP contribution in [0.1, 0.15) is 6.92 Å². The SMILES string of the molecule is CC(=O)N[C@H]1[C@H](OCCOCCOCCOCC(=O)NCO)O[C@H](CO)[C@H](O)[C@@H]1O. The van der Waals surface area contributed by atoms with E-state index in [-0.39, 0.29) is 46.2 Å². The zero-order valence-electron chi connectivity index (χ0n) is 16.9. The van der Waals surface area contributed by atoms with E-state index >= 15 is 0 Å². The summed E-state index contributed by atoms with van der Waals surface area (Å²) in [5.41, 5.74) is 0. The van der Waals surface area contributed by atoms with E-state index in [4.69, 9.17) is 28.8 Å². The van der Waals surface area contributed by atoms with Gasteiger partial charge in [0.2, 0.25) is 11.8 Å². The molecule has 2 amide bonds. The fourth-order valence-electron chi connectivity index (χ4n) is 2.58. The van der Waals surface area contributed by atoms with Crippen molar-refractivity contribution >= 4 is 11.8 Å². The van der Waals surface area contributed by atoms with Gasteiger partial charge >= 0.3 is 0 Å². The van der Waals surface area contributed by atoms with Gasteiger partial charge in [-0.05, 0) is 0 Å². The highest BCUT2D eigenvalue weighted by Crippen LogP contribution is 2.22. The lowest BCUT2D eigenvalue weighted by atomic mass is 9.97. The lowest BCUT2D eigenvalue weighted by Gasteiger charge is -2.42. The first kappa shape index (κ1) is 26.6. The highest BCUT2D eigenvalue weighted by atomic mass is 16.7. The van der Waals surface area contributed by atoms with Crippen LogP contribution >= 0.6 is 0 Å². The van der Waals surface area contributed by atoms with Crippen LogP contribution in [0.4, 0.5) is 0 Å². The minimum absolute atomic E-state index is 0.0742. The first-order valence-corrected chi connectivity index (χ1v) is 9.52. The van der Waals surface area contributed by atoms with Gasteiger partial charge in [-0.25, -0.2) is 0 Å². The zero-order chi connectivity index (χ0) is 22.4. The number of hydrogen-bond donors (Lipinski definition) is 6. The Morgan fingerprint density at radius 2 is 1.53 bits per heavy atom. The van der Waals surface area contributed by atoms with Crippen molar-refractivity contribution in [1.82, 2.24) is 10.6 Å². The smallest absolute Gasteiger partial charge is 0.247 e. The fraction of sp³-hybridized carbons (Fsp3) is 0.882. The normalized spacial score (nSPS) is 26.4. The maximum absolute atomic E-state index is 11.3. The summed E-state index contributed by atoms with van der Waals surface area (Å²) in [6, 6.07) is -0.997. The lowest BCUT2D eigenvalue weighted by Crippen LogP contribution is -2.64. The van der Waals surface area contributed by atoms with Crippen LogP contribution < -0.4 is 10.6 Å². The second-order valence-corrected chi connectivity index (χ2v) is 6.34. The highest BCUT2D eigenvalue weighted by molar-refractivity contribution is 5.76. The molecule has 13 heteroatoms. The van der Waals surface area contributed by atoms with Gasteiger partial charge in [0.25, 0.3) is 0 Å². The van der Waals surface area contributed by atoms with Gasteiger partial charge in [0.1, 0.15) is 37.7 Å². The summed E-state index contributed by atoms with van der Waals surface area (Å²) in [5, 5.41) is 42.4. The number of rotatable bonds is 15. The van der Waals surface area contributed by atoms with Gasteiger partial charge in [-0.1, -0.05) is 0 Å². The van der Waals surface area contributed by atoms with Crippen LogP contribution in [-0.4, -0.2) is 122 Å². The van der Waals surface area contributed by atoms with Crippen molar-refractivity contribution < 1.29 is 53.7 Å². The lowest BCUT2D eigenvalue weighted by molar-refractivity contribution is -0.272.